The Labute approximate surface area is 100 Å². The number of benzene rings is 1. The number of rotatable bonds is 2. The molecule has 1 aliphatic carbocycles. The predicted molar refractivity (Wildman–Crippen MR) is 65.3 cm³/mol. The van der Waals surface area contributed by atoms with Crippen molar-refractivity contribution in [3.63, 3.8) is 0 Å². The predicted octanol–water partition coefficient (Wildman–Crippen LogP) is 2.85. The molecule has 0 bridgehead atoms. The van der Waals surface area contributed by atoms with Gasteiger partial charge in [0.05, 0.1) is 12.7 Å². The van der Waals surface area contributed by atoms with E-state index >= 15 is 0 Å². The summed E-state index contributed by atoms with van der Waals surface area (Å²) in [4.78, 5) is 11.4. The first-order chi connectivity index (χ1) is 8.22. The Balaban J connectivity index is 2.29. The third-order valence-electron chi connectivity index (χ3n) is 2.81. The second kappa shape index (κ2) is 4.87. The summed E-state index contributed by atoms with van der Waals surface area (Å²) in [6.07, 6.45) is 3.10. The molecule has 0 amide bonds. The minimum absolute atomic E-state index is 0.0701. The number of esters is 1. The van der Waals surface area contributed by atoms with Crippen LogP contribution in [-0.4, -0.2) is 18.2 Å². The monoisotopic (exact) mass is 230 g/mol. The fraction of sp³-hybridized carbons (Fsp3) is 0.214. The largest absolute Gasteiger partial charge is 0.507 e. The SMILES string of the molecule is COC(=O)C1=C(O)/C(=C/c2ccccc2)CC1. The minimum atomic E-state index is -0.445. The van der Waals surface area contributed by atoms with Gasteiger partial charge in [0.25, 0.3) is 0 Å². The average molecular weight is 230 g/mol. The molecule has 0 unspecified atom stereocenters. The maximum absolute atomic E-state index is 11.4. The molecular formula is C14H14O3. The molecule has 1 aromatic rings. The molecule has 3 nitrogen and oxygen atoms in total. The van der Waals surface area contributed by atoms with Gasteiger partial charge in [0.15, 0.2) is 0 Å². The number of allylic oxidation sites excluding steroid dienone is 1. The Kier molecular flexibility index (Phi) is 3.28. The van der Waals surface area contributed by atoms with E-state index in [9.17, 15) is 9.90 Å². The van der Waals surface area contributed by atoms with Gasteiger partial charge >= 0.3 is 5.97 Å². The first-order valence-corrected chi connectivity index (χ1v) is 5.49. The molecule has 0 fully saturated rings. The Morgan fingerprint density at radius 1 is 1.29 bits per heavy atom. The summed E-state index contributed by atoms with van der Waals surface area (Å²) in [7, 11) is 1.32. The zero-order valence-electron chi connectivity index (χ0n) is 9.64. The first-order valence-electron chi connectivity index (χ1n) is 5.49. The van der Waals surface area contributed by atoms with Crippen LogP contribution < -0.4 is 0 Å². The van der Waals surface area contributed by atoms with E-state index in [0.29, 0.717) is 18.4 Å². The summed E-state index contributed by atoms with van der Waals surface area (Å²) >= 11 is 0. The van der Waals surface area contributed by atoms with Crippen molar-refractivity contribution in [1.82, 2.24) is 0 Å². The van der Waals surface area contributed by atoms with Gasteiger partial charge in [-0.1, -0.05) is 30.3 Å². The van der Waals surface area contributed by atoms with E-state index in [4.69, 9.17) is 0 Å². The minimum Gasteiger partial charge on any atom is -0.507 e. The van der Waals surface area contributed by atoms with Gasteiger partial charge in [-0.15, -0.1) is 0 Å². The lowest BCUT2D eigenvalue weighted by Gasteiger charge is -2.00. The lowest BCUT2D eigenvalue weighted by molar-refractivity contribution is -0.136. The molecule has 0 saturated heterocycles. The van der Waals surface area contributed by atoms with Gasteiger partial charge in [0.1, 0.15) is 5.76 Å². The molecule has 0 saturated carbocycles. The summed E-state index contributed by atoms with van der Waals surface area (Å²) in [5.74, 6) is -0.375. The van der Waals surface area contributed by atoms with Gasteiger partial charge in [0, 0.05) is 0 Å². The molecule has 0 aliphatic heterocycles. The van der Waals surface area contributed by atoms with Crippen LogP contribution in [0.3, 0.4) is 0 Å². The van der Waals surface area contributed by atoms with Crippen LogP contribution in [0, 0.1) is 0 Å². The number of aliphatic hydroxyl groups excluding tert-OH is 1. The van der Waals surface area contributed by atoms with E-state index in [1.165, 1.54) is 7.11 Å². The highest BCUT2D eigenvalue weighted by Crippen LogP contribution is 2.31. The van der Waals surface area contributed by atoms with Crippen LogP contribution in [0.15, 0.2) is 47.2 Å². The van der Waals surface area contributed by atoms with E-state index in [-0.39, 0.29) is 5.76 Å². The zero-order valence-corrected chi connectivity index (χ0v) is 9.64. The second-order valence-electron chi connectivity index (χ2n) is 3.90. The van der Waals surface area contributed by atoms with E-state index in [0.717, 1.165) is 11.1 Å². The molecule has 0 radical (unpaired) electrons. The third kappa shape index (κ3) is 2.38. The van der Waals surface area contributed by atoms with Crippen LogP contribution in [0.4, 0.5) is 0 Å². The van der Waals surface area contributed by atoms with Crippen molar-refractivity contribution in [2.24, 2.45) is 0 Å². The molecule has 0 aromatic heterocycles. The van der Waals surface area contributed by atoms with Gasteiger partial charge in [0.2, 0.25) is 0 Å². The molecule has 1 N–H and O–H groups in total. The zero-order chi connectivity index (χ0) is 12.3. The van der Waals surface area contributed by atoms with Crippen molar-refractivity contribution in [3.05, 3.63) is 52.8 Å². The Morgan fingerprint density at radius 2 is 2.00 bits per heavy atom. The van der Waals surface area contributed by atoms with Gasteiger partial charge in [-0.3, -0.25) is 0 Å². The van der Waals surface area contributed by atoms with Crippen molar-refractivity contribution < 1.29 is 14.6 Å². The standard InChI is InChI=1S/C14H14O3/c1-17-14(16)12-8-7-11(13(12)15)9-10-5-3-2-4-6-10/h2-6,9,15H,7-8H2,1H3/b11-9+. The molecule has 3 heteroatoms. The van der Waals surface area contributed by atoms with Crippen LogP contribution >= 0.6 is 0 Å². The van der Waals surface area contributed by atoms with Crippen molar-refractivity contribution in [2.45, 2.75) is 12.8 Å². The molecule has 2 rings (SSSR count). The lowest BCUT2D eigenvalue weighted by Crippen LogP contribution is -2.04. The molecule has 0 heterocycles. The van der Waals surface area contributed by atoms with Crippen molar-refractivity contribution in [1.29, 1.82) is 0 Å². The highest BCUT2D eigenvalue weighted by atomic mass is 16.5. The van der Waals surface area contributed by atoms with Crippen molar-refractivity contribution in [2.75, 3.05) is 7.11 Å². The van der Waals surface area contributed by atoms with Gasteiger partial charge in [-0.05, 0) is 30.1 Å². The molecule has 1 aliphatic rings. The number of hydrogen-bond donors (Lipinski definition) is 1. The van der Waals surface area contributed by atoms with Gasteiger partial charge in [-0.2, -0.15) is 0 Å². The molecular weight excluding hydrogens is 216 g/mol. The summed E-state index contributed by atoms with van der Waals surface area (Å²) < 4.78 is 4.62. The highest BCUT2D eigenvalue weighted by molar-refractivity contribution is 5.91. The molecule has 0 atom stereocenters. The van der Waals surface area contributed by atoms with E-state index in [1.807, 2.05) is 36.4 Å². The number of methoxy groups -OCH3 is 1. The second-order valence-corrected chi connectivity index (χ2v) is 3.90. The first kappa shape index (κ1) is 11.5. The van der Waals surface area contributed by atoms with Crippen molar-refractivity contribution in [3.8, 4) is 0 Å². The smallest absolute Gasteiger partial charge is 0.337 e. The van der Waals surface area contributed by atoms with Gasteiger partial charge in [-0.25, -0.2) is 4.79 Å². The normalized spacial score (nSPS) is 17.6. The fourth-order valence-corrected chi connectivity index (χ4v) is 1.90. The number of ether oxygens (including phenoxy) is 1. The van der Waals surface area contributed by atoms with Crippen molar-refractivity contribution >= 4 is 12.0 Å². The summed E-state index contributed by atoms with van der Waals surface area (Å²) in [6.45, 7) is 0. The lowest BCUT2D eigenvalue weighted by atomic mass is 10.1. The quantitative estimate of drug-likeness (QED) is 0.795. The van der Waals surface area contributed by atoms with E-state index in [2.05, 4.69) is 4.74 Å². The maximum Gasteiger partial charge on any atom is 0.337 e. The average Bonchev–Trinajstić information content (AvgIpc) is 2.72. The number of aliphatic hydroxyl groups is 1. The molecule has 1 aromatic carbocycles. The Bertz CT molecular complexity index is 483. The van der Waals surface area contributed by atoms with Crippen LogP contribution in [0.5, 0.6) is 0 Å². The van der Waals surface area contributed by atoms with Crippen LogP contribution in [0.2, 0.25) is 0 Å². The van der Waals surface area contributed by atoms with Gasteiger partial charge < -0.3 is 9.84 Å². The summed E-state index contributed by atoms with van der Waals surface area (Å²) in [5.41, 5.74) is 2.17. The number of carbonyl (C=O) groups is 1. The summed E-state index contributed by atoms with van der Waals surface area (Å²) in [5, 5.41) is 9.92. The Morgan fingerprint density at radius 3 is 2.65 bits per heavy atom. The fourth-order valence-electron chi connectivity index (χ4n) is 1.90. The number of hydrogen-bond acceptors (Lipinski definition) is 3. The maximum atomic E-state index is 11.4. The van der Waals surface area contributed by atoms with E-state index in [1.54, 1.807) is 0 Å². The summed E-state index contributed by atoms with van der Waals surface area (Å²) in [6, 6.07) is 9.71. The topological polar surface area (TPSA) is 46.5 Å². The van der Waals surface area contributed by atoms with Crippen LogP contribution in [0.1, 0.15) is 18.4 Å². The highest BCUT2D eigenvalue weighted by Gasteiger charge is 2.24. The van der Waals surface area contributed by atoms with E-state index < -0.39 is 5.97 Å². The molecule has 88 valence electrons. The number of carbonyl (C=O) groups excluding carboxylic acids is 1. The molecule has 0 spiro atoms. The van der Waals surface area contributed by atoms with Crippen LogP contribution in [0.25, 0.3) is 6.08 Å². The molecule has 17 heavy (non-hydrogen) atoms. The third-order valence-corrected chi connectivity index (χ3v) is 2.81. The van der Waals surface area contributed by atoms with Crippen LogP contribution in [-0.2, 0) is 9.53 Å². The Hall–Kier alpha value is -2.03.